The fraction of sp³-hybridized carbons (Fsp3) is 0.741. The average Bonchev–Trinajstić information content (AvgIpc) is 2.77. The Labute approximate surface area is 191 Å². The van der Waals surface area contributed by atoms with Crippen LogP contribution in [0.15, 0.2) is 36.5 Å². The Bertz CT molecular complexity index is 485. The zero-order valence-electron chi connectivity index (χ0n) is 20.2. The summed E-state index contributed by atoms with van der Waals surface area (Å²) in [5.74, 6) is -0.117. The van der Waals surface area contributed by atoms with Crippen LogP contribution in [0.1, 0.15) is 110 Å². The molecule has 0 bridgehead atoms. The van der Waals surface area contributed by atoms with Crippen molar-refractivity contribution in [2.75, 3.05) is 6.61 Å². The van der Waals surface area contributed by atoms with Gasteiger partial charge in [-0.2, -0.15) is 0 Å². The second-order valence-corrected chi connectivity index (χ2v) is 8.39. The lowest BCUT2D eigenvalue weighted by Gasteiger charge is -2.19. The molecule has 0 aromatic heterocycles. The molecule has 0 aliphatic rings. The van der Waals surface area contributed by atoms with Gasteiger partial charge < -0.3 is 15.5 Å². The van der Waals surface area contributed by atoms with E-state index in [1.807, 2.05) is 6.08 Å². The molecule has 31 heavy (non-hydrogen) atoms. The van der Waals surface area contributed by atoms with Crippen LogP contribution in [0, 0.1) is 0 Å². The van der Waals surface area contributed by atoms with Gasteiger partial charge in [-0.25, -0.2) is 0 Å². The lowest BCUT2D eigenvalue weighted by Crippen LogP contribution is -2.45. The van der Waals surface area contributed by atoms with Crippen LogP contribution >= 0.6 is 0 Å². The number of amides is 1. The third kappa shape index (κ3) is 20.3. The van der Waals surface area contributed by atoms with E-state index in [1.54, 1.807) is 6.08 Å². The normalized spacial score (nSPS) is 14.1. The number of hydrogen-bond donors (Lipinski definition) is 3. The van der Waals surface area contributed by atoms with Gasteiger partial charge in [0.05, 0.1) is 18.8 Å². The van der Waals surface area contributed by atoms with Crippen LogP contribution in [0.3, 0.4) is 0 Å². The topological polar surface area (TPSA) is 69.6 Å². The van der Waals surface area contributed by atoms with Gasteiger partial charge in [0.1, 0.15) is 0 Å². The number of unbranched alkanes of at least 4 members (excludes halogenated alkanes) is 10. The highest BCUT2D eigenvalue weighted by atomic mass is 16.3. The Kier molecular flexibility index (Phi) is 22.2. The van der Waals surface area contributed by atoms with Crippen molar-refractivity contribution in [2.45, 2.75) is 122 Å². The van der Waals surface area contributed by atoms with Gasteiger partial charge in [-0.1, -0.05) is 88.8 Å². The molecule has 0 aromatic carbocycles. The lowest BCUT2D eigenvalue weighted by atomic mass is 10.1. The molecule has 1 amide bonds. The largest absolute Gasteiger partial charge is 0.394 e. The number of allylic oxidation sites excluding steroid dienone is 5. The van der Waals surface area contributed by atoms with Crippen molar-refractivity contribution in [3.63, 3.8) is 0 Å². The van der Waals surface area contributed by atoms with Gasteiger partial charge in [0.2, 0.25) is 5.91 Å². The Morgan fingerprint density at radius 1 is 0.742 bits per heavy atom. The summed E-state index contributed by atoms with van der Waals surface area (Å²) in [6.45, 7) is 4.17. The fourth-order valence-corrected chi connectivity index (χ4v) is 3.31. The monoisotopic (exact) mass is 435 g/mol. The van der Waals surface area contributed by atoms with Gasteiger partial charge >= 0.3 is 0 Å². The van der Waals surface area contributed by atoms with Crippen molar-refractivity contribution in [3.05, 3.63) is 36.5 Å². The third-order valence-electron chi connectivity index (χ3n) is 5.35. The minimum absolute atomic E-state index is 0.117. The van der Waals surface area contributed by atoms with Crippen LogP contribution in [-0.2, 0) is 4.79 Å². The molecule has 0 spiro atoms. The molecule has 0 saturated heterocycles. The summed E-state index contributed by atoms with van der Waals surface area (Å²) in [7, 11) is 0. The van der Waals surface area contributed by atoms with E-state index in [0.29, 0.717) is 6.42 Å². The highest BCUT2D eigenvalue weighted by Gasteiger charge is 2.17. The maximum atomic E-state index is 12.1. The molecule has 4 nitrogen and oxygen atoms in total. The van der Waals surface area contributed by atoms with Crippen LogP contribution in [0.2, 0.25) is 0 Å². The predicted molar refractivity (Wildman–Crippen MR) is 133 cm³/mol. The quantitative estimate of drug-likeness (QED) is 0.145. The number of rotatable bonds is 21. The first-order valence-electron chi connectivity index (χ1n) is 12.7. The van der Waals surface area contributed by atoms with Crippen molar-refractivity contribution >= 4 is 5.91 Å². The molecule has 2 atom stereocenters. The van der Waals surface area contributed by atoms with Gasteiger partial charge in [0, 0.05) is 6.42 Å². The minimum Gasteiger partial charge on any atom is -0.394 e. The number of aliphatic hydroxyl groups is 2. The number of nitrogens with one attached hydrogen (secondary N) is 1. The van der Waals surface area contributed by atoms with Crippen LogP contribution in [-0.4, -0.2) is 34.9 Å². The van der Waals surface area contributed by atoms with Crippen molar-refractivity contribution in [1.82, 2.24) is 5.32 Å². The Hall–Kier alpha value is -1.39. The summed E-state index contributed by atoms with van der Waals surface area (Å²) in [6.07, 6.45) is 27.9. The minimum atomic E-state index is -0.866. The van der Waals surface area contributed by atoms with Crippen LogP contribution in [0.4, 0.5) is 0 Å². The first kappa shape index (κ1) is 29.6. The highest BCUT2D eigenvalue weighted by molar-refractivity contribution is 5.76. The molecule has 4 heteroatoms. The Morgan fingerprint density at radius 2 is 1.26 bits per heavy atom. The Balaban J connectivity index is 3.89. The van der Waals surface area contributed by atoms with E-state index in [9.17, 15) is 15.0 Å². The molecule has 0 heterocycles. The SMILES string of the molecule is CCCCCC/C=C\CCCC(=O)NC(CO)C(O)/C=C/CC/C=C/CCCCCC. The summed E-state index contributed by atoms with van der Waals surface area (Å²) in [5, 5.41) is 22.5. The molecule has 0 radical (unpaired) electrons. The summed E-state index contributed by atoms with van der Waals surface area (Å²) < 4.78 is 0. The molecule has 0 aliphatic heterocycles. The van der Waals surface area contributed by atoms with E-state index in [1.165, 1.54) is 51.4 Å². The number of carbonyl (C=O) groups is 1. The number of hydrogen-bond acceptors (Lipinski definition) is 3. The standard InChI is InChI=1S/C27H49NO3/c1-3-5-7-9-11-13-15-16-18-20-22-26(30)25(24-29)28-27(31)23-21-19-17-14-12-10-8-6-4-2/h13-15,17,20,22,25-26,29-30H,3-12,16,18-19,21,23-24H2,1-2H3,(H,28,31)/b15-13+,17-14-,22-20+. The van der Waals surface area contributed by atoms with Gasteiger partial charge in [-0.15, -0.1) is 0 Å². The van der Waals surface area contributed by atoms with Gasteiger partial charge in [0.15, 0.2) is 0 Å². The molecule has 3 N–H and O–H groups in total. The summed E-state index contributed by atoms with van der Waals surface area (Å²) in [4.78, 5) is 12.1. The lowest BCUT2D eigenvalue weighted by molar-refractivity contribution is -0.122. The maximum absolute atomic E-state index is 12.1. The zero-order chi connectivity index (χ0) is 23.0. The predicted octanol–water partition coefficient (Wildman–Crippen LogP) is 6.38. The van der Waals surface area contributed by atoms with Gasteiger partial charge in [-0.3, -0.25) is 4.79 Å². The van der Waals surface area contributed by atoms with E-state index in [4.69, 9.17) is 0 Å². The summed E-state index contributed by atoms with van der Waals surface area (Å²) >= 11 is 0. The second kappa shape index (κ2) is 23.3. The molecular formula is C27H49NO3. The third-order valence-corrected chi connectivity index (χ3v) is 5.35. The van der Waals surface area contributed by atoms with Crippen LogP contribution < -0.4 is 5.32 Å². The molecule has 0 rings (SSSR count). The first-order valence-corrected chi connectivity index (χ1v) is 12.7. The van der Waals surface area contributed by atoms with Crippen molar-refractivity contribution < 1.29 is 15.0 Å². The zero-order valence-corrected chi connectivity index (χ0v) is 20.2. The first-order chi connectivity index (χ1) is 15.2. The highest BCUT2D eigenvalue weighted by Crippen LogP contribution is 2.06. The molecule has 0 fully saturated rings. The smallest absolute Gasteiger partial charge is 0.220 e. The van der Waals surface area contributed by atoms with E-state index < -0.39 is 12.1 Å². The molecule has 0 aliphatic carbocycles. The van der Waals surface area contributed by atoms with Crippen molar-refractivity contribution in [2.24, 2.45) is 0 Å². The van der Waals surface area contributed by atoms with E-state index in [-0.39, 0.29) is 12.5 Å². The molecule has 0 aromatic rings. The number of carbonyl (C=O) groups excluding carboxylic acids is 1. The molecule has 180 valence electrons. The second-order valence-electron chi connectivity index (χ2n) is 8.39. The van der Waals surface area contributed by atoms with Crippen LogP contribution in [0.25, 0.3) is 0 Å². The summed E-state index contributed by atoms with van der Waals surface area (Å²) in [6, 6.07) is -0.646. The maximum Gasteiger partial charge on any atom is 0.220 e. The molecule has 2 unspecified atom stereocenters. The van der Waals surface area contributed by atoms with Gasteiger partial charge in [-0.05, 0) is 51.4 Å². The Morgan fingerprint density at radius 3 is 1.81 bits per heavy atom. The van der Waals surface area contributed by atoms with E-state index in [0.717, 1.165) is 38.5 Å². The van der Waals surface area contributed by atoms with E-state index >= 15 is 0 Å². The summed E-state index contributed by atoms with van der Waals surface area (Å²) in [5.41, 5.74) is 0. The molecular weight excluding hydrogens is 386 g/mol. The van der Waals surface area contributed by atoms with Crippen molar-refractivity contribution in [3.8, 4) is 0 Å². The fourth-order valence-electron chi connectivity index (χ4n) is 3.31. The van der Waals surface area contributed by atoms with E-state index in [2.05, 4.69) is 43.5 Å². The average molecular weight is 436 g/mol. The van der Waals surface area contributed by atoms with Crippen LogP contribution in [0.5, 0.6) is 0 Å². The van der Waals surface area contributed by atoms with Crippen molar-refractivity contribution in [1.29, 1.82) is 0 Å². The van der Waals surface area contributed by atoms with Gasteiger partial charge in [0.25, 0.3) is 0 Å². The number of aliphatic hydroxyl groups excluding tert-OH is 2. The molecule has 0 saturated carbocycles.